The first kappa shape index (κ1) is 14.5. The average molecular weight is 291 g/mol. The summed E-state index contributed by atoms with van der Waals surface area (Å²) >= 11 is 0. The van der Waals surface area contributed by atoms with Crippen LogP contribution in [-0.2, 0) is 14.3 Å². The molecule has 0 saturated heterocycles. The molecule has 1 aromatic heterocycles. The van der Waals surface area contributed by atoms with Crippen LogP contribution in [0.2, 0.25) is 0 Å². The zero-order valence-corrected chi connectivity index (χ0v) is 11.7. The summed E-state index contributed by atoms with van der Waals surface area (Å²) in [6.07, 6.45) is -1.71. The second-order valence-corrected chi connectivity index (χ2v) is 4.03. The van der Waals surface area contributed by atoms with Gasteiger partial charge in [0, 0.05) is 6.92 Å². The molecule has 0 aliphatic rings. The fraction of sp³-hybridized carbons (Fsp3) is 0.231. The normalized spacial score (nSPS) is 10.2. The number of imidazole rings is 1. The molecule has 8 heteroatoms. The number of carbonyl (C=O) groups excluding carboxylic acids is 3. The van der Waals surface area contributed by atoms with Crippen LogP contribution in [0.1, 0.15) is 6.92 Å². The van der Waals surface area contributed by atoms with E-state index in [1.54, 1.807) is 24.3 Å². The molecule has 110 valence electrons. The predicted molar refractivity (Wildman–Crippen MR) is 73.1 cm³/mol. The minimum atomic E-state index is -0.942. The Kier molecular flexibility index (Phi) is 3.88. The zero-order chi connectivity index (χ0) is 15.6. The van der Waals surface area contributed by atoms with E-state index in [1.165, 1.54) is 7.11 Å². The second kappa shape index (κ2) is 5.61. The number of nitrogens with zero attached hydrogens (tertiary/aromatic N) is 3. The van der Waals surface area contributed by atoms with Gasteiger partial charge < -0.3 is 9.47 Å². The maximum atomic E-state index is 12.0. The fourth-order valence-electron chi connectivity index (χ4n) is 1.88. The summed E-state index contributed by atoms with van der Waals surface area (Å²) in [6, 6.07) is 6.69. The number of rotatable bonds is 1. The summed E-state index contributed by atoms with van der Waals surface area (Å²) in [7, 11) is 2.32. The van der Waals surface area contributed by atoms with Crippen LogP contribution < -0.4 is 4.90 Å². The Balaban J connectivity index is 2.74. The fourth-order valence-corrected chi connectivity index (χ4v) is 1.88. The highest BCUT2D eigenvalue weighted by atomic mass is 16.5. The van der Waals surface area contributed by atoms with Crippen molar-refractivity contribution in [3.8, 4) is 0 Å². The Hall–Kier alpha value is -2.90. The molecule has 0 unspecified atom stereocenters. The molecular weight excluding hydrogens is 278 g/mol. The van der Waals surface area contributed by atoms with Gasteiger partial charge in [-0.25, -0.2) is 19.1 Å². The highest BCUT2D eigenvalue weighted by molar-refractivity contribution is 6.12. The largest absolute Gasteiger partial charge is 0.452 e. The number of ether oxygens (including phenoxy) is 2. The van der Waals surface area contributed by atoms with Crippen molar-refractivity contribution in [2.45, 2.75) is 6.92 Å². The third-order valence-electron chi connectivity index (χ3n) is 2.77. The molecular formula is C13H13N3O5. The smallest absolute Gasteiger partial charge is 0.423 e. The molecule has 0 bridgehead atoms. The predicted octanol–water partition coefficient (Wildman–Crippen LogP) is 1.77. The number of benzene rings is 1. The zero-order valence-electron chi connectivity index (χ0n) is 11.7. The highest BCUT2D eigenvalue weighted by Crippen LogP contribution is 2.23. The number of hydrogen-bond acceptors (Lipinski definition) is 6. The van der Waals surface area contributed by atoms with Crippen molar-refractivity contribution in [2.24, 2.45) is 0 Å². The summed E-state index contributed by atoms with van der Waals surface area (Å²) in [5, 5.41) is 0. The summed E-state index contributed by atoms with van der Waals surface area (Å²) in [4.78, 5) is 40.2. The number of hydrogen-bond donors (Lipinski definition) is 0. The molecule has 0 fully saturated rings. The second-order valence-electron chi connectivity index (χ2n) is 4.03. The third kappa shape index (κ3) is 2.42. The lowest BCUT2D eigenvalue weighted by molar-refractivity contribution is -0.116. The van der Waals surface area contributed by atoms with Gasteiger partial charge in [-0.2, -0.15) is 4.90 Å². The molecule has 0 spiro atoms. The van der Waals surface area contributed by atoms with E-state index in [4.69, 9.17) is 0 Å². The first-order valence-corrected chi connectivity index (χ1v) is 5.95. The molecule has 1 heterocycles. The molecule has 2 rings (SSSR count). The van der Waals surface area contributed by atoms with Crippen LogP contribution in [0, 0.1) is 0 Å². The van der Waals surface area contributed by atoms with E-state index in [9.17, 15) is 14.4 Å². The monoisotopic (exact) mass is 291 g/mol. The van der Waals surface area contributed by atoms with Crippen molar-refractivity contribution in [2.75, 3.05) is 19.1 Å². The topological polar surface area (TPSA) is 90.7 Å². The van der Waals surface area contributed by atoms with Gasteiger partial charge in [0.05, 0.1) is 25.3 Å². The Morgan fingerprint density at radius 2 is 1.81 bits per heavy atom. The van der Waals surface area contributed by atoms with Crippen LogP contribution in [0.5, 0.6) is 0 Å². The Morgan fingerprint density at radius 1 is 1.14 bits per heavy atom. The van der Waals surface area contributed by atoms with Crippen molar-refractivity contribution in [3.63, 3.8) is 0 Å². The van der Waals surface area contributed by atoms with Gasteiger partial charge in [-0.15, -0.1) is 0 Å². The minimum Gasteiger partial charge on any atom is -0.452 e. The Labute approximate surface area is 119 Å². The van der Waals surface area contributed by atoms with E-state index in [2.05, 4.69) is 14.5 Å². The first-order chi connectivity index (χ1) is 10.0. The quantitative estimate of drug-likeness (QED) is 0.795. The van der Waals surface area contributed by atoms with Gasteiger partial charge in [0.25, 0.3) is 0 Å². The van der Waals surface area contributed by atoms with E-state index in [-0.39, 0.29) is 5.95 Å². The van der Waals surface area contributed by atoms with Crippen LogP contribution in [0.4, 0.5) is 15.5 Å². The molecule has 0 saturated carbocycles. The van der Waals surface area contributed by atoms with Crippen molar-refractivity contribution in [3.05, 3.63) is 24.3 Å². The summed E-state index contributed by atoms with van der Waals surface area (Å²) < 4.78 is 10.3. The van der Waals surface area contributed by atoms with E-state index >= 15 is 0 Å². The van der Waals surface area contributed by atoms with E-state index in [0.717, 1.165) is 18.6 Å². The van der Waals surface area contributed by atoms with E-state index in [0.29, 0.717) is 15.9 Å². The Bertz CT molecular complexity index is 722. The lowest BCUT2D eigenvalue weighted by Crippen LogP contribution is -2.38. The van der Waals surface area contributed by atoms with Gasteiger partial charge >= 0.3 is 12.2 Å². The number of imide groups is 1. The van der Waals surface area contributed by atoms with Crippen molar-refractivity contribution in [1.82, 2.24) is 9.55 Å². The maximum Gasteiger partial charge on any atom is 0.423 e. The minimum absolute atomic E-state index is 0.178. The molecule has 1 aromatic carbocycles. The number of carbonyl (C=O) groups is 3. The highest BCUT2D eigenvalue weighted by Gasteiger charge is 2.29. The van der Waals surface area contributed by atoms with Crippen molar-refractivity contribution < 1.29 is 23.9 Å². The molecule has 0 aliphatic carbocycles. The number of anilines is 1. The molecule has 2 amide bonds. The van der Waals surface area contributed by atoms with Crippen LogP contribution in [0.3, 0.4) is 0 Å². The van der Waals surface area contributed by atoms with Gasteiger partial charge in [-0.3, -0.25) is 4.79 Å². The lowest BCUT2D eigenvalue weighted by Gasteiger charge is -2.16. The Morgan fingerprint density at radius 3 is 2.38 bits per heavy atom. The van der Waals surface area contributed by atoms with Crippen molar-refractivity contribution >= 4 is 35.1 Å². The van der Waals surface area contributed by atoms with Gasteiger partial charge in [0.2, 0.25) is 11.9 Å². The molecule has 0 radical (unpaired) electrons. The van der Waals surface area contributed by atoms with Crippen LogP contribution in [0.15, 0.2) is 24.3 Å². The number of fused-ring (bicyclic) bond motifs is 1. The molecule has 8 nitrogen and oxygen atoms in total. The first-order valence-electron chi connectivity index (χ1n) is 5.95. The van der Waals surface area contributed by atoms with E-state index < -0.39 is 18.1 Å². The van der Waals surface area contributed by atoms with Gasteiger partial charge in [0.15, 0.2) is 0 Å². The average Bonchev–Trinajstić information content (AvgIpc) is 2.84. The van der Waals surface area contributed by atoms with Gasteiger partial charge in [0.1, 0.15) is 0 Å². The van der Waals surface area contributed by atoms with E-state index in [1.807, 2.05) is 0 Å². The number of amides is 2. The van der Waals surface area contributed by atoms with Gasteiger partial charge in [-0.1, -0.05) is 12.1 Å². The summed E-state index contributed by atoms with van der Waals surface area (Å²) in [6.45, 7) is 1.16. The SMILES string of the molecule is COC(=O)N(C(C)=O)c1nc2ccccc2n1C(=O)OC. The van der Waals surface area contributed by atoms with Crippen LogP contribution in [-0.4, -0.2) is 41.9 Å². The number of para-hydroxylation sites is 2. The third-order valence-corrected chi connectivity index (χ3v) is 2.77. The molecule has 0 N–H and O–H groups in total. The molecule has 2 aromatic rings. The maximum absolute atomic E-state index is 12.0. The lowest BCUT2D eigenvalue weighted by atomic mass is 10.3. The molecule has 0 atom stereocenters. The summed E-state index contributed by atoms with van der Waals surface area (Å²) in [5.74, 6) is -0.815. The van der Waals surface area contributed by atoms with Crippen LogP contribution in [0.25, 0.3) is 11.0 Å². The molecule has 0 aliphatic heterocycles. The van der Waals surface area contributed by atoms with Crippen molar-refractivity contribution in [1.29, 1.82) is 0 Å². The van der Waals surface area contributed by atoms with Crippen LogP contribution >= 0.6 is 0 Å². The number of aromatic nitrogens is 2. The summed E-state index contributed by atoms with van der Waals surface area (Å²) in [5.41, 5.74) is 0.850. The number of methoxy groups -OCH3 is 2. The van der Waals surface area contributed by atoms with Gasteiger partial charge in [-0.05, 0) is 12.1 Å². The standard InChI is InChI=1S/C13H13N3O5/c1-8(17)15(12(18)20-2)11-14-9-6-4-5-7-10(9)16(11)13(19)21-3/h4-7H,1-3H3. The molecule has 21 heavy (non-hydrogen) atoms.